The van der Waals surface area contributed by atoms with Crippen molar-refractivity contribution in [2.24, 2.45) is 0 Å². The van der Waals surface area contributed by atoms with Gasteiger partial charge in [-0.25, -0.2) is 0 Å². The van der Waals surface area contributed by atoms with Crippen LogP contribution >= 0.6 is 22.6 Å². The highest BCUT2D eigenvalue weighted by Gasteiger charge is 1.95. The molecule has 0 fully saturated rings. The Kier molecular flexibility index (Phi) is 20.9. The van der Waals surface area contributed by atoms with Crippen LogP contribution in [0.15, 0.2) is 9.66 Å². The number of rotatable bonds is 18. The molecule has 0 aromatic carbocycles. The highest BCUT2D eigenvalue weighted by Crippen LogP contribution is 2.18. The van der Waals surface area contributed by atoms with Crippen LogP contribution in [0.25, 0.3) is 0 Å². The predicted molar refractivity (Wildman–Crippen MR) is 117 cm³/mol. The van der Waals surface area contributed by atoms with Crippen LogP contribution in [-0.2, 0) is 0 Å². The summed E-state index contributed by atoms with van der Waals surface area (Å²) in [5.41, 5.74) is 0. The van der Waals surface area contributed by atoms with Crippen molar-refractivity contribution in [2.75, 3.05) is 0 Å². The summed E-state index contributed by atoms with van der Waals surface area (Å²) < 4.78 is 1.59. The average molecular weight is 434 g/mol. The third kappa shape index (κ3) is 20.4. The molecule has 0 amide bonds. The number of hydrogen-bond acceptors (Lipinski definition) is 0. The van der Waals surface area contributed by atoms with Crippen LogP contribution in [0.1, 0.15) is 129 Å². The fraction of sp³-hybridized carbons (Fsp3) is 0.909. The van der Waals surface area contributed by atoms with E-state index in [-0.39, 0.29) is 0 Å². The molecule has 0 spiro atoms. The quantitative estimate of drug-likeness (QED) is 0.149. The van der Waals surface area contributed by atoms with Crippen molar-refractivity contribution in [3.8, 4) is 0 Å². The van der Waals surface area contributed by atoms with E-state index in [1.165, 1.54) is 116 Å². The monoisotopic (exact) mass is 434 g/mol. The molecule has 0 radical (unpaired) electrons. The Hall–Kier alpha value is 0.470. The van der Waals surface area contributed by atoms with Crippen molar-refractivity contribution in [2.45, 2.75) is 129 Å². The molecule has 0 aliphatic carbocycles. The molecule has 0 N–H and O–H groups in total. The van der Waals surface area contributed by atoms with E-state index in [1.54, 1.807) is 3.58 Å². The second-order valence-corrected chi connectivity index (χ2v) is 8.53. The zero-order valence-corrected chi connectivity index (χ0v) is 18.3. The Balaban J connectivity index is 3.14. The van der Waals surface area contributed by atoms with Gasteiger partial charge in [-0.3, -0.25) is 0 Å². The van der Waals surface area contributed by atoms with E-state index < -0.39 is 0 Å². The molecule has 0 unspecified atom stereocenters. The van der Waals surface area contributed by atoms with Crippen molar-refractivity contribution in [3.05, 3.63) is 9.66 Å². The first-order chi connectivity index (χ1) is 11.3. The van der Waals surface area contributed by atoms with Crippen molar-refractivity contribution >= 4 is 22.6 Å². The first-order valence-electron chi connectivity index (χ1n) is 10.7. The highest BCUT2D eigenvalue weighted by molar-refractivity contribution is 14.1. The summed E-state index contributed by atoms with van der Waals surface area (Å²) in [5.74, 6) is 0. The normalized spacial score (nSPS) is 12.0. The molecule has 0 bridgehead atoms. The lowest BCUT2D eigenvalue weighted by Crippen LogP contribution is -1.83. The fourth-order valence-corrected chi connectivity index (χ4v) is 3.76. The lowest BCUT2D eigenvalue weighted by molar-refractivity contribution is 0.540. The molecule has 0 aromatic rings. The van der Waals surface area contributed by atoms with Crippen LogP contribution < -0.4 is 0 Å². The summed E-state index contributed by atoms with van der Waals surface area (Å²) in [6.07, 6.45) is 28.1. The van der Waals surface area contributed by atoms with Gasteiger partial charge in [-0.2, -0.15) is 0 Å². The van der Waals surface area contributed by atoms with Gasteiger partial charge in [-0.05, 0) is 51.9 Å². The average Bonchev–Trinajstić information content (AvgIpc) is 2.55. The van der Waals surface area contributed by atoms with Gasteiger partial charge in [-0.15, -0.1) is 0 Å². The molecule has 0 aliphatic rings. The summed E-state index contributed by atoms with van der Waals surface area (Å²) >= 11 is 2.54. The van der Waals surface area contributed by atoms with Crippen LogP contribution in [0.2, 0.25) is 0 Å². The largest absolute Gasteiger partial charge is 0.0752 e. The molecule has 1 heteroatoms. The molecule has 0 saturated heterocycles. The Morgan fingerprint density at radius 2 is 0.957 bits per heavy atom. The van der Waals surface area contributed by atoms with E-state index in [0.29, 0.717) is 0 Å². The molecule has 0 heterocycles. The second-order valence-electron chi connectivity index (χ2n) is 7.14. The first-order valence-corrected chi connectivity index (χ1v) is 11.7. The third-order valence-electron chi connectivity index (χ3n) is 4.69. The number of allylic oxidation sites excluding steroid dienone is 2. The molecule has 0 aromatic heterocycles. The van der Waals surface area contributed by atoms with Crippen molar-refractivity contribution in [3.63, 3.8) is 0 Å². The van der Waals surface area contributed by atoms with Gasteiger partial charge in [0.2, 0.25) is 0 Å². The molecular weight excluding hydrogens is 391 g/mol. The fourth-order valence-electron chi connectivity index (χ4n) is 3.07. The molecule has 23 heavy (non-hydrogen) atoms. The molecule has 138 valence electrons. The minimum Gasteiger partial charge on any atom is -0.0752 e. The van der Waals surface area contributed by atoms with Gasteiger partial charge in [0.25, 0.3) is 0 Å². The maximum Gasteiger partial charge on any atom is -0.0134 e. The summed E-state index contributed by atoms with van der Waals surface area (Å²) in [5, 5.41) is 0. The van der Waals surface area contributed by atoms with Crippen molar-refractivity contribution in [1.82, 2.24) is 0 Å². The summed E-state index contributed by atoms with van der Waals surface area (Å²) in [7, 11) is 0. The van der Waals surface area contributed by atoms with Gasteiger partial charge in [-0.1, -0.05) is 110 Å². The molecule has 0 atom stereocenters. The number of unbranched alkanes of at least 4 members (excludes halogenated alkanes) is 15. The first kappa shape index (κ1) is 23.5. The van der Waals surface area contributed by atoms with Gasteiger partial charge in [0.1, 0.15) is 0 Å². The van der Waals surface area contributed by atoms with Crippen molar-refractivity contribution in [1.29, 1.82) is 0 Å². The van der Waals surface area contributed by atoms with Crippen LogP contribution in [-0.4, -0.2) is 0 Å². The Morgan fingerprint density at radius 1 is 0.565 bits per heavy atom. The van der Waals surface area contributed by atoms with Crippen LogP contribution in [0, 0.1) is 0 Å². The van der Waals surface area contributed by atoms with Crippen LogP contribution in [0.4, 0.5) is 0 Å². The van der Waals surface area contributed by atoms with E-state index in [0.717, 1.165) is 0 Å². The summed E-state index contributed by atoms with van der Waals surface area (Å²) in [6, 6.07) is 0. The Bertz CT molecular complexity index is 244. The molecule has 0 saturated carbocycles. The minimum atomic E-state index is 1.31. The standard InChI is InChI=1S/C22H43I/c1-3-5-7-8-9-10-11-12-13-14-15-16-17-19-21-22(23)20-18-6-4-2/h21H,3-20H2,1-2H3/b22-21+. The van der Waals surface area contributed by atoms with Gasteiger partial charge in [0, 0.05) is 0 Å². The highest BCUT2D eigenvalue weighted by atomic mass is 127. The molecule has 0 aliphatic heterocycles. The maximum atomic E-state index is 2.54. The predicted octanol–water partition coefficient (Wildman–Crippen LogP) is 9.37. The molecular formula is C22H43I. The third-order valence-corrected chi connectivity index (χ3v) is 5.67. The topological polar surface area (TPSA) is 0 Å². The van der Waals surface area contributed by atoms with E-state index in [4.69, 9.17) is 0 Å². The number of halogens is 1. The van der Waals surface area contributed by atoms with Crippen LogP contribution in [0.3, 0.4) is 0 Å². The zero-order chi connectivity index (χ0) is 17.0. The lowest BCUT2D eigenvalue weighted by Gasteiger charge is -2.03. The van der Waals surface area contributed by atoms with Crippen LogP contribution in [0.5, 0.6) is 0 Å². The smallest absolute Gasteiger partial charge is 0.0134 e. The zero-order valence-electron chi connectivity index (χ0n) is 16.2. The second kappa shape index (κ2) is 20.5. The Morgan fingerprint density at radius 3 is 1.43 bits per heavy atom. The van der Waals surface area contributed by atoms with E-state index >= 15 is 0 Å². The van der Waals surface area contributed by atoms with Gasteiger partial charge in [0.15, 0.2) is 0 Å². The minimum absolute atomic E-state index is 1.31. The SMILES string of the molecule is CCCCCCCCCCCCCCC/C=C(/I)CCCCC. The Labute approximate surface area is 161 Å². The van der Waals surface area contributed by atoms with Gasteiger partial charge in [0.05, 0.1) is 0 Å². The van der Waals surface area contributed by atoms with Gasteiger partial charge >= 0.3 is 0 Å². The van der Waals surface area contributed by atoms with E-state index in [1.807, 2.05) is 0 Å². The maximum absolute atomic E-state index is 2.54. The lowest BCUT2D eigenvalue weighted by atomic mass is 10.0. The molecule has 0 nitrogen and oxygen atoms in total. The van der Waals surface area contributed by atoms with E-state index in [9.17, 15) is 0 Å². The van der Waals surface area contributed by atoms with Crippen molar-refractivity contribution < 1.29 is 0 Å². The van der Waals surface area contributed by atoms with E-state index in [2.05, 4.69) is 42.5 Å². The summed E-state index contributed by atoms with van der Waals surface area (Å²) in [4.78, 5) is 0. The summed E-state index contributed by atoms with van der Waals surface area (Å²) in [6.45, 7) is 4.58. The van der Waals surface area contributed by atoms with Gasteiger partial charge < -0.3 is 0 Å². The number of hydrogen-bond donors (Lipinski definition) is 0. The molecule has 0 rings (SSSR count).